The van der Waals surface area contributed by atoms with Crippen LogP contribution in [0, 0.1) is 0 Å². The van der Waals surface area contributed by atoms with Crippen LogP contribution in [0.25, 0.3) is 0 Å². The Kier molecular flexibility index (Phi) is 4.33. The first-order valence-electron chi connectivity index (χ1n) is 4.18. The maximum atomic E-state index is 11.2. The van der Waals surface area contributed by atoms with Crippen molar-refractivity contribution in [2.45, 2.75) is 24.7 Å². The molecule has 0 saturated heterocycles. The molecule has 0 bridgehead atoms. The zero-order valence-corrected chi connectivity index (χ0v) is 8.99. The number of halogens is 1. The summed E-state index contributed by atoms with van der Waals surface area (Å²) in [7, 11) is 0. The maximum absolute atomic E-state index is 11.2. The average Bonchev–Trinajstić information content (AvgIpc) is 2.04. The molecule has 0 aliphatic carbocycles. The van der Waals surface area contributed by atoms with E-state index in [0.717, 1.165) is 11.3 Å². The van der Waals surface area contributed by atoms with Gasteiger partial charge < -0.3 is 0 Å². The van der Waals surface area contributed by atoms with Crippen molar-refractivity contribution in [2.75, 3.05) is 0 Å². The number of benzene rings is 1. The Morgan fingerprint density at radius 1 is 1.54 bits per heavy atom. The minimum Gasteiger partial charge on any atom is -0.287 e. The fourth-order valence-electron chi connectivity index (χ4n) is 0.917. The highest BCUT2D eigenvalue weighted by Crippen LogP contribution is 2.23. The average molecular weight is 215 g/mol. The van der Waals surface area contributed by atoms with Crippen LogP contribution in [0.5, 0.6) is 0 Å². The third-order valence-corrected chi connectivity index (χ3v) is 2.64. The molecule has 1 nitrogen and oxygen atoms in total. The van der Waals surface area contributed by atoms with Crippen molar-refractivity contribution >= 4 is 28.5 Å². The number of carbonyl (C=O) groups excluding carboxylic acids is 1. The molecule has 13 heavy (non-hydrogen) atoms. The van der Waals surface area contributed by atoms with E-state index in [9.17, 15) is 4.79 Å². The summed E-state index contributed by atoms with van der Waals surface area (Å²) in [5, 5.41) is 0.874. The van der Waals surface area contributed by atoms with E-state index in [4.69, 9.17) is 11.6 Å². The van der Waals surface area contributed by atoms with Crippen LogP contribution in [0.3, 0.4) is 0 Å². The Morgan fingerprint density at radius 2 is 2.31 bits per heavy atom. The summed E-state index contributed by atoms with van der Waals surface area (Å²) in [6, 6.07) is 7.35. The van der Waals surface area contributed by atoms with E-state index >= 15 is 0 Å². The summed E-state index contributed by atoms with van der Waals surface area (Å²) in [6.07, 6.45) is 1.52. The molecule has 0 aromatic heterocycles. The van der Waals surface area contributed by atoms with E-state index in [2.05, 4.69) is 0 Å². The normalized spacial score (nSPS) is 10.0. The molecule has 0 amide bonds. The van der Waals surface area contributed by atoms with E-state index in [1.165, 1.54) is 11.8 Å². The van der Waals surface area contributed by atoms with Gasteiger partial charge in [0.25, 0.3) is 0 Å². The van der Waals surface area contributed by atoms with E-state index in [1.807, 2.05) is 19.1 Å². The number of rotatable bonds is 3. The summed E-state index contributed by atoms with van der Waals surface area (Å²) < 4.78 is 0. The molecule has 0 radical (unpaired) electrons. The number of thioether (sulfide) groups is 1. The molecule has 1 aromatic rings. The lowest BCUT2D eigenvalue weighted by Gasteiger charge is -1.99. The Labute approximate surface area is 87.5 Å². The van der Waals surface area contributed by atoms with Gasteiger partial charge in [-0.05, 0) is 24.6 Å². The minimum absolute atomic E-state index is 0.199. The van der Waals surface area contributed by atoms with Crippen LogP contribution in [-0.2, 0) is 4.79 Å². The third-order valence-electron chi connectivity index (χ3n) is 1.48. The van der Waals surface area contributed by atoms with Gasteiger partial charge in [0.1, 0.15) is 0 Å². The van der Waals surface area contributed by atoms with Crippen molar-refractivity contribution in [3.8, 4) is 0 Å². The molecular formula is C10H11ClOS. The molecule has 3 heteroatoms. The summed E-state index contributed by atoms with van der Waals surface area (Å²) in [4.78, 5) is 12.2. The predicted octanol–water partition coefficient (Wildman–Crippen LogP) is 3.76. The van der Waals surface area contributed by atoms with E-state index in [0.29, 0.717) is 11.4 Å². The lowest BCUT2D eigenvalue weighted by Crippen LogP contribution is -1.88. The van der Waals surface area contributed by atoms with Crippen LogP contribution < -0.4 is 0 Å². The highest BCUT2D eigenvalue weighted by Gasteiger charge is 2.02. The van der Waals surface area contributed by atoms with Gasteiger partial charge in [0.15, 0.2) is 5.12 Å². The standard InChI is InChI=1S/C10H11ClOS/c1-2-4-10(12)13-9-6-3-5-8(11)7-9/h3,5-7H,2,4H2,1H3. The first-order valence-corrected chi connectivity index (χ1v) is 5.38. The van der Waals surface area contributed by atoms with Crippen molar-refractivity contribution in [1.82, 2.24) is 0 Å². The zero-order chi connectivity index (χ0) is 9.68. The van der Waals surface area contributed by atoms with Gasteiger partial charge in [-0.3, -0.25) is 4.79 Å². The van der Waals surface area contributed by atoms with Crippen LogP contribution in [0.2, 0.25) is 5.02 Å². The fourth-order valence-corrected chi connectivity index (χ4v) is 2.07. The summed E-state index contributed by atoms with van der Waals surface area (Å²) >= 11 is 7.04. The van der Waals surface area contributed by atoms with Crippen LogP contribution in [0.1, 0.15) is 19.8 Å². The molecule has 0 N–H and O–H groups in total. The molecule has 0 atom stereocenters. The molecule has 70 valence electrons. The molecule has 0 unspecified atom stereocenters. The smallest absolute Gasteiger partial charge is 0.193 e. The van der Waals surface area contributed by atoms with E-state index < -0.39 is 0 Å². The van der Waals surface area contributed by atoms with E-state index in [-0.39, 0.29) is 5.12 Å². The second kappa shape index (κ2) is 5.30. The Balaban J connectivity index is 2.58. The maximum Gasteiger partial charge on any atom is 0.193 e. The van der Waals surface area contributed by atoms with Gasteiger partial charge in [-0.2, -0.15) is 0 Å². The van der Waals surface area contributed by atoms with Gasteiger partial charge >= 0.3 is 0 Å². The number of hydrogen-bond donors (Lipinski definition) is 0. The molecule has 0 saturated carbocycles. The minimum atomic E-state index is 0.199. The van der Waals surface area contributed by atoms with Crippen molar-refractivity contribution in [1.29, 1.82) is 0 Å². The quantitative estimate of drug-likeness (QED) is 0.713. The molecule has 0 aliphatic heterocycles. The highest BCUT2D eigenvalue weighted by atomic mass is 35.5. The molecule has 1 aromatic carbocycles. The molecule has 0 heterocycles. The van der Waals surface area contributed by atoms with Crippen molar-refractivity contribution in [3.63, 3.8) is 0 Å². The monoisotopic (exact) mass is 214 g/mol. The SMILES string of the molecule is CCCC(=O)Sc1cccc(Cl)c1. The van der Waals surface area contributed by atoms with E-state index in [1.54, 1.807) is 12.1 Å². The largest absolute Gasteiger partial charge is 0.287 e. The van der Waals surface area contributed by atoms with Gasteiger partial charge in [-0.1, -0.05) is 36.4 Å². The number of hydrogen-bond acceptors (Lipinski definition) is 2. The van der Waals surface area contributed by atoms with Crippen LogP contribution >= 0.6 is 23.4 Å². The topological polar surface area (TPSA) is 17.1 Å². The fraction of sp³-hybridized carbons (Fsp3) is 0.300. The lowest BCUT2D eigenvalue weighted by molar-refractivity contribution is -0.111. The third kappa shape index (κ3) is 3.83. The van der Waals surface area contributed by atoms with Crippen molar-refractivity contribution in [2.24, 2.45) is 0 Å². The second-order valence-electron chi connectivity index (χ2n) is 2.68. The molecule has 0 fully saturated rings. The number of carbonyl (C=O) groups is 1. The zero-order valence-electron chi connectivity index (χ0n) is 7.42. The first-order chi connectivity index (χ1) is 6.22. The molecule has 0 spiro atoms. The van der Waals surface area contributed by atoms with Gasteiger partial charge in [0, 0.05) is 16.3 Å². The van der Waals surface area contributed by atoms with Crippen LogP contribution in [-0.4, -0.2) is 5.12 Å². The van der Waals surface area contributed by atoms with Crippen LogP contribution in [0.4, 0.5) is 0 Å². The second-order valence-corrected chi connectivity index (χ2v) is 4.25. The lowest BCUT2D eigenvalue weighted by atomic mass is 10.4. The van der Waals surface area contributed by atoms with Gasteiger partial charge in [-0.15, -0.1) is 0 Å². The van der Waals surface area contributed by atoms with Crippen molar-refractivity contribution in [3.05, 3.63) is 29.3 Å². The van der Waals surface area contributed by atoms with Gasteiger partial charge in [0.05, 0.1) is 0 Å². The van der Waals surface area contributed by atoms with Gasteiger partial charge in [0.2, 0.25) is 0 Å². The van der Waals surface area contributed by atoms with Gasteiger partial charge in [-0.25, -0.2) is 0 Å². The molecule has 0 aliphatic rings. The Morgan fingerprint density at radius 3 is 2.92 bits per heavy atom. The van der Waals surface area contributed by atoms with Crippen molar-refractivity contribution < 1.29 is 4.79 Å². The highest BCUT2D eigenvalue weighted by molar-refractivity contribution is 8.13. The summed E-state index contributed by atoms with van der Waals surface area (Å²) in [6.45, 7) is 2.00. The Bertz CT molecular complexity index is 299. The summed E-state index contributed by atoms with van der Waals surface area (Å²) in [5.41, 5.74) is 0. The first kappa shape index (κ1) is 10.6. The molecular weight excluding hydrogens is 204 g/mol. The molecule has 1 rings (SSSR count). The predicted molar refractivity (Wildman–Crippen MR) is 57.2 cm³/mol. The Hall–Kier alpha value is -0.470. The summed E-state index contributed by atoms with van der Waals surface area (Å²) in [5.74, 6) is 0. The van der Waals surface area contributed by atoms with Crippen LogP contribution in [0.15, 0.2) is 29.2 Å².